The number of hydrogen-bond acceptors (Lipinski definition) is 4. The van der Waals surface area contributed by atoms with Crippen molar-refractivity contribution in [1.29, 1.82) is 5.26 Å². The van der Waals surface area contributed by atoms with Crippen LogP contribution < -0.4 is 5.32 Å². The van der Waals surface area contributed by atoms with Crippen LogP contribution in [-0.2, 0) is 14.4 Å². The summed E-state index contributed by atoms with van der Waals surface area (Å²) in [4.78, 5) is 31.1. The molecule has 0 aliphatic rings. The van der Waals surface area contributed by atoms with Crippen LogP contribution in [0.4, 0.5) is 0 Å². The second kappa shape index (κ2) is 4.08. The molecule has 0 bridgehead atoms. The summed E-state index contributed by atoms with van der Waals surface area (Å²) in [6.07, 6.45) is 0. The van der Waals surface area contributed by atoms with Crippen LogP contribution in [-0.4, -0.2) is 28.8 Å². The second-order valence-electron chi connectivity index (χ2n) is 1.95. The van der Waals surface area contributed by atoms with Crippen LogP contribution >= 0.6 is 0 Å². The fraction of sp³-hybridized carbons (Fsp3) is 0.333. The highest BCUT2D eigenvalue weighted by Gasteiger charge is 2.26. The van der Waals surface area contributed by atoms with Crippen molar-refractivity contribution in [2.45, 2.75) is 13.0 Å². The number of nitrogens with zero attached hydrogens (tertiary/aromatic N) is 1. The van der Waals surface area contributed by atoms with Crippen LogP contribution in [0.25, 0.3) is 0 Å². The number of carboxylic acids is 1. The third-order valence-electron chi connectivity index (χ3n) is 0.967. The van der Waals surface area contributed by atoms with E-state index in [4.69, 9.17) is 10.4 Å². The number of ketones is 1. The summed E-state index contributed by atoms with van der Waals surface area (Å²) in [6, 6.07) is -0.640. The van der Waals surface area contributed by atoms with Gasteiger partial charge in [-0.3, -0.25) is 9.59 Å². The molecule has 0 heterocycles. The number of amides is 1. The number of nitriles is 1. The van der Waals surface area contributed by atoms with E-state index in [1.54, 1.807) is 0 Å². The minimum Gasteiger partial charge on any atom is -0.479 e. The third-order valence-corrected chi connectivity index (χ3v) is 0.967. The minimum atomic E-state index is -1.76. The number of hydrogen-bond donors (Lipinski definition) is 2. The molecule has 0 aromatic heterocycles. The first-order chi connectivity index (χ1) is 5.49. The van der Waals surface area contributed by atoms with Gasteiger partial charge in [0.1, 0.15) is 6.07 Å². The summed E-state index contributed by atoms with van der Waals surface area (Å²) >= 11 is 0. The van der Waals surface area contributed by atoms with Gasteiger partial charge < -0.3 is 10.4 Å². The lowest BCUT2D eigenvalue weighted by Gasteiger charge is -2.06. The smallest absolute Gasteiger partial charge is 0.335 e. The van der Waals surface area contributed by atoms with E-state index < -0.39 is 23.7 Å². The molecule has 0 rings (SSSR count). The standard InChI is InChI=1S/C6H6N2O4/c1-3(9)8-5(6(11)12)4(10)2-7/h5H,1H3,(H,8,9)(H,11,12). The van der Waals surface area contributed by atoms with Crippen LogP contribution in [0.15, 0.2) is 0 Å². The van der Waals surface area contributed by atoms with E-state index in [-0.39, 0.29) is 0 Å². The van der Waals surface area contributed by atoms with E-state index in [1.807, 2.05) is 5.32 Å². The van der Waals surface area contributed by atoms with E-state index in [0.717, 1.165) is 13.0 Å². The molecule has 0 aromatic carbocycles. The number of carboxylic acid groups (broad SMARTS) is 1. The highest BCUT2D eigenvalue weighted by Crippen LogP contribution is 1.85. The van der Waals surface area contributed by atoms with Gasteiger partial charge in [0, 0.05) is 6.92 Å². The Hall–Kier alpha value is -1.90. The van der Waals surface area contributed by atoms with E-state index in [1.165, 1.54) is 0 Å². The van der Waals surface area contributed by atoms with Crippen molar-refractivity contribution in [1.82, 2.24) is 5.32 Å². The van der Waals surface area contributed by atoms with Gasteiger partial charge in [-0.25, -0.2) is 4.79 Å². The van der Waals surface area contributed by atoms with Gasteiger partial charge in [0.2, 0.25) is 11.9 Å². The molecule has 1 amide bonds. The fourth-order valence-electron chi connectivity index (χ4n) is 0.507. The molecule has 0 spiro atoms. The first-order valence-corrected chi connectivity index (χ1v) is 2.93. The maximum Gasteiger partial charge on any atom is 0.335 e. The van der Waals surface area contributed by atoms with Crippen LogP contribution in [0.3, 0.4) is 0 Å². The number of carbonyl (C=O) groups is 3. The summed E-state index contributed by atoms with van der Waals surface area (Å²) in [5.41, 5.74) is 0. The molecule has 0 aromatic rings. The Labute approximate surface area is 67.8 Å². The molecule has 0 fully saturated rings. The minimum absolute atomic E-state index is 0.675. The largest absolute Gasteiger partial charge is 0.479 e. The Kier molecular flexibility index (Phi) is 3.43. The predicted octanol–water partition coefficient (Wildman–Crippen LogP) is -1.33. The van der Waals surface area contributed by atoms with Crippen molar-refractivity contribution >= 4 is 17.7 Å². The maximum absolute atomic E-state index is 10.5. The number of rotatable bonds is 3. The SMILES string of the molecule is CC(=O)NC(C(=O)O)C(=O)C#N. The maximum atomic E-state index is 10.5. The van der Waals surface area contributed by atoms with Crippen LogP contribution in [0.1, 0.15) is 6.92 Å². The number of aliphatic carboxylic acids is 1. The molecule has 0 aliphatic carbocycles. The predicted molar refractivity (Wildman–Crippen MR) is 35.9 cm³/mol. The lowest BCUT2D eigenvalue weighted by Crippen LogP contribution is -2.45. The van der Waals surface area contributed by atoms with Crippen LogP contribution in [0, 0.1) is 11.3 Å². The van der Waals surface area contributed by atoms with Gasteiger partial charge in [0.05, 0.1) is 0 Å². The normalized spacial score (nSPS) is 11.0. The Bertz CT molecular complexity index is 265. The van der Waals surface area contributed by atoms with E-state index in [2.05, 4.69) is 0 Å². The van der Waals surface area contributed by atoms with Gasteiger partial charge in [-0.05, 0) is 0 Å². The molecule has 1 atom stereocenters. The summed E-state index contributed by atoms with van der Waals surface area (Å²) < 4.78 is 0. The Balaban J connectivity index is 4.47. The number of Topliss-reactive ketones (excluding diaryl/α,β-unsaturated/α-hetero) is 1. The second-order valence-corrected chi connectivity index (χ2v) is 1.95. The summed E-state index contributed by atoms with van der Waals surface area (Å²) in [5, 5.41) is 18.2. The fourth-order valence-corrected chi connectivity index (χ4v) is 0.507. The third kappa shape index (κ3) is 2.79. The van der Waals surface area contributed by atoms with Crippen molar-refractivity contribution in [2.24, 2.45) is 0 Å². The molecular formula is C6H6N2O4. The van der Waals surface area contributed by atoms with Gasteiger partial charge >= 0.3 is 5.97 Å². The van der Waals surface area contributed by atoms with E-state index >= 15 is 0 Å². The van der Waals surface area contributed by atoms with Crippen molar-refractivity contribution in [3.8, 4) is 6.07 Å². The van der Waals surface area contributed by atoms with Crippen LogP contribution in [0.5, 0.6) is 0 Å². The first-order valence-electron chi connectivity index (χ1n) is 2.93. The summed E-state index contributed by atoms with van der Waals surface area (Å²) in [5.74, 6) is -3.42. The highest BCUT2D eigenvalue weighted by atomic mass is 16.4. The number of carbonyl (C=O) groups excluding carboxylic acids is 2. The highest BCUT2D eigenvalue weighted by molar-refractivity contribution is 6.12. The average molecular weight is 170 g/mol. The molecule has 64 valence electrons. The molecule has 6 heteroatoms. The van der Waals surface area contributed by atoms with E-state index in [9.17, 15) is 14.4 Å². The zero-order valence-corrected chi connectivity index (χ0v) is 6.20. The van der Waals surface area contributed by atoms with Crippen LogP contribution in [0.2, 0.25) is 0 Å². The lowest BCUT2D eigenvalue weighted by molar-refractivity contribution is -0.144. The zero-order valence-electron chi connectivity index (χ0n) is 6.20. The summed E-state index contributed by atoms with van der Waals surface area (Å²) in [7, 11) is 0. The number of nitrogens with one attached hydrogen (secondary N) is 1. The Morgan fingerprint density at radius 1 is 1.50 bits per heavy atom. The molecule has 0 saturated heterocycles. The quantitative estimate of drug-likeness (QED) is 0.403. The van der Waals surface area contributed by atoms with Crippen molar-refractivity contribution < 1.29 is 19.5 Å². The topological polar surface area (TPSA) is 107 Å². The monoisotopic (exact) mass is 170 g/mol. The Morgan fingerprint density at radius 2 is 2.00 bits per heavy atom. The molecule has 6 nitrogen and oxygen atoms in total. The first kappa shape index (κ1) is 10.1. The summed E-state index contributed by atoms with van der Waals surface area (Å²) in [6.45, 7) is 1.06. The van der Waals surface area contributed by atoms with Gasteiger partial charge in [0.25, 0.3) is 5.78 Å². The van der Waals surface area contributed by atoms with Crippen molar-refractivity contribution in [2.75, 3.05) is 0 Å². The average Bonchev–Trinajstić information content (AvgIpc) is 1.98. The van der Waals surface area contributed by atoms with Gasteiger partial charge in [-0.1, -0.05) is 0 Å². The molecule has 0 aliphatic heterocycles. The van der Waals surface area contributed by atoms with Gasteiger partial charge in [0.15, 0.2) is 0 Å². The van der Waals surface area contributed by atoms with Gasteiger partial charge in [-0.2, -0.15) is 5.26 Å². The van der Waals surface area contributed by atoms with Gasteiger partial charge in [-0.15, -0.1) is 0 Å². The van der Waals surface area contributed by atoms with Crippen molar-refractivity contribution in [3.05, 3.63) is 0 Å². The zero-order chi connectivity index (χ0) is 9.72. The molecule has 0 saturated carbocycles. The molecular weight excluding hydrogens is 164 g/mol. The molecule has 0 radical (unpaired) electrons. The lowest BCUT2D eigenvalue weighted by atomic mass is 10.2. The van der Waals surface area contributed by atoms with Crippen molar-refractivity contribution in [3.63, 3.8) is 0 Å². The Morgan fingerprint density at radius 3 is 2.25 bits per heavy atom. The molecule has 1 unspecified atom stereocenters. The molecule has 2 N–H and O–H groups in total. The molecule has 12 heavy (non-hydrogen) atoms. The van der Waals surface area contributed by atoms with E-state index in [0.29, 0.717) is 0 Å².